The molecule has 4 rings (SSSR count). The quantitative estimate of drug-likeness (QED) is 0.909. The smallest absolute Gasteiger partial charge is 0.317 e. The number of fused-ring (bicyclic) bond motifs is 1. The van der Waals surface area contributed by atoms with E-state index in [0.29, 0.717) is 0 Å². The number of hydrogen-bond acceptors (Lipinski definition) is 3. The molecular weight excluding hydrogens is 336 g/mol. The van der Waals surface area contributed by atoms with Gasteiger partial charge >= 0.3 is 6.03 Å². The van der Waals surface area contributed by atoms with Gasteiger partial charge in [0.2, 0.25) is 0 Å². The molecule has 0 bridgehead atoms. The first kappa shape index (κ1) is 18.0. The maximum atomic E-state index is 12.8. The normalized spacial score (nSPS) is 20.2. The van der Waals surface area contributed by atoms with Gasteiger partial charge in [-0.1, -0.05) is 30.3 Å². The van der Waals surface area contributed by atoms with Crippen molar-refractivity contribution in [2.75, 3.05) is 26.2 Å². The summed E-state index contributed by atoms with van der Waals surface area (Å²) in [5, 5.41) is 3.27. The number of urea groups is 1. The van der Waals surface area contributed by atoms with Gasteiger partial charge in [0.25, 0.3) is 0 Å². The van der Waals surface area contributed by atoms with E-state index in [0.717, 1.165) is 57.7 Å². The van der Waals surface area contributed by atoms with Gasteiger partial charge in [0, 0.05) is 38.9 Å². The summed E-state index contributed by atoms with van der Waals surface area (Å²) < 4.78 is 0. The molecule has 5 nitrogen and oxygen atoms in total. The first-order valence-electron chi connectivity index (χ1n) is 9.97. The molecule has 2 amide bonds. The summed E-state index contributed by atoms with van der Waals surface area (Å²) in [4.78, 5) is 21.6. The van der Waals surface area contributed by atoms with E-state index in [1.807, 2.05) is 17.2 Å². The number of carbonyl (C=O) groups is 1. The number of nitrogens with one attached hydrogen (secondary N) is 1. The standard InChI is InChI=1S/C22H28N4O/c1-17-6-5-11-23-21(17)16-25-12-14-26(15-13-25)22(27)24-20-10-4-8-18-7-2-3-9-19(18)20/h2-3,5-7,9,11,20H,4,8,10,12-16H2,1H3,(H,24,27). The highest BCUT2D eigenvalue weighted by molar-refractivity contribution is 5.75. The Morgan fingerprint density at radius 1 is 1.15 bits per heavy atom. The molecule has 1 atom stereocenters. The van der Waals surface area contributed by atoms with E-state index in [4.69, 9.17) is 0 Å². The monoisotopic (exact) mass is 364 g/mol. The maximum absolute atomic E-state index is 12.8. The Kier molecular flexibility index (Phi) is 5.39. The van der Waals surface area contributed by atoms with E-state index in [9.17, 15) is 4.79 Å². The minimum Gasteiger partial charge on any atom is -0.331 e. The van der Waals surface area contributed by atoms with E-state index in [2.05, 4.69) is 52.5 Å². The van der Waals surface area contributed by atoms with Crippen LogP contribution >= 0.6 is 0 Å². The number of piperazine rings is 1. The molecule has 2 heterocycles. The molecule has 0 radical (unpaired) electrons. The number of carbonyl (C=O) groups excluding carboxylic acids is 1. The lowest BCUT2D eigenvalue weighted by Crippen LogP contribution is -2.52. The highest BCUT2D eigenvalue weighted by Gasteiger charge is 2.26. The third-order valence-electron chi connectivity index (χ3n) is 5.82. The summed E-state index contributed by atoms with van der Waals surface area (Å²) in [5.74, 6) is 0. The van der Waals surface area contributed by atoms with Gasteiger partial charge in [-0.15, -0.1) is 0 Å². The van der Waals surface area contributed by atoms with Gasteiger partial charge in [0.05, 0.1) is 11.7 Å². The topological polar surface area (TPSA) is 48.5 Å². The fourth-order valence-corrected chi connectivity index (χ4v) is 4.15. The van der Waals surface area contributed by atoms with Crippen molar-refractivity contribution in [3.05, 3.63) is 65.0 Å². The number of pyridine rings is 1. The Balaban J connectivity index is 1.31. The van der Waals surface area contributed by atoms with Crippen molar-refractivity contribution in [2.24, 2.45) is 0 Å². The zero-order chi connectivity index (χ0) is 18.6. The SMILES string of the molecule is Cc1cccnc1CN1CCN(C(=O)NC2CCCc3ccccc32)CC1. The van der Waals surface area contributed by atoms with Crippen molar-refractivity contribution in [2.45, 2.75) is 38.8 Å². The van der Waals surface area contributed by atoms with E-state index in [1.54, 1.807) is 0 Å². The maximum Gasteiger partial charge on any atom is 0.317 e. The number of aromatic nitrogens is 1. The third kappa shape index (κ3) is 4.14. The number of rotatable bonds is 3. The largest absolute Gasteiger partial charge is 0.331 e. The van der Waals surface area contributed by atoms with Crippen molar-refractivity contribution in [1.82, 2.24) is 20.1 Å². The lowest BCUT2D eigenvalue weighted by atomic mass is 9.88. The van der Waals surface area contributed by atoms with Crippen LogP contribution in [0, 0.1) is 6.92 Å². The van der Waals surface area contributed by atoms with Gasteiger partial charge < -0.3 is 10.2 Å². The Hall–Kier alpha value is -2.40. The van der Waals surface area contributed by atoms with Gasteiger partial charge in [0.1, 0.15) is 0 Å². The molecule has 2 aliphatic rings. The molecule has 1 aliphatic carbocycles. The fourth-order valence-electron chi connectivity index (χ4n) is 4.15. The molecule has 1 unspecified atom stereocenters. The summed E-state index contributed by atoms with van der Waals surface area (Å²) in [6.45, 7) is 6.29. The molecule has 0 spiro atoms. The number of nitrogens with zero attached hydrogens (tertiary/aromatic N) is 3. The summed E-state index contributed by atoms with van der Waals surface area (Å²) >= 11 is 0. The number of hydrogen-bond donors (Lipinski definition) is 1. The molecule has 0 saturated carbocycles. The lowest BCUT2D eigenvalue weighted by Gasteiger charge is -2.36. The average Bonchev–Trinajstić information content (AvgIpc) is 2.70. The summed E-state index contributed by atoms with van der Waals surface area (Å²) in [5.41, 5.74) is 5.04. The van der Waals surface area contributed by atoms with E-state index < -0.39 is 0 Å². The zero-order valence-corrected chi connectivity index (χ0v) is 16.0. The molecule has 1 aromatic carbocycles. The molecule has 5 heteroatoms. The molecular formula is C22H28N4O. The predicted molar refractivity (Wildman–Crippen MR) is 106 cm³/mol. The second-order valence-corrected chi connectivity index (χ2v) is 7.62. The molecule has 142 valence electrons. The van der Waals surface area contributed by atoms with Crippen molar-refractivity contribution in [1.29, 1.82) is 0 Å². The van der Waals surface area contributed by atoms with Crippen LogP contribution in [0.25, 0.3) is 0 Å². The Bertz CT molecular complexity index is 798. The minimum atomic E-state index is 0.0744. The van der Waals surface area contributed by atoms with Crippen LogP contribution in [0.5, 0.6) is 0 Å². The first-order chi connectivity index (χ1) is 13.2. The second kappa shape index (κ2) is 8.09. The zero-order valence-electron chi connectivity index (χ0n) is 16.0. The second-order valence-electron chi connectivity index (χ2n) is 7.62. The van der Waals surface area contributed by atoms with Crippen molar-refractivity contribution in [3.63, 3.8) is 0 Å². The highest BCUT2D eigenvalue weighted by Crippen LogP contribution is 2.29. The van der Waals surface area contributed by atoms with Crippen LogP contribution in [0.3, 0.4) is 0 Å². The van der Waals surface area contributed by atoms with Crippen LogP contribution in [0.1, 0.15) is 41.3 Å². The van der Waals surface area contributed by atoms with Crippen LogP contribution < -0.4 is 5.32 Å². The number of benzene rings is 1. The molecule has 1 aromatic heterocycles. The van der Waals surface area contributed by atoms with Gasteiger partial charge in [-0.2, -0.15) is 0 Å². The first-order valence-corrected chi connectivity index (χ1v) is 9.97. The molecule has 1 N–H and O–H groups in total. The number of aryl methyl sites for hydroxylation is 2. The van der Waals surface area contributed by atoms with Crippen molar-refractivity contribution >= 4 is 6.03 Å². The molecule has 27 heavy (non-hydrogen) atoms. The number of amides is 2. The average molecular weight is 364 g/mol. The molecule has 1 aliphatic heterocycles. The van der Waals surface area contributed by atoms with Crippen LogP contribution in [0.15, 0.2) is 42.6 Å². The predicted octanol–water partition coefficient (Wildman–Crippen LogP) is 3.29. The molecule has 1 saturated heterocycles. The molecule has 1 fully saturated rings. The van der Waals surface area contributed by atoms with E-state index in [1.165, 1.54) is 16.7 Å². The van der Waals surface area contributed by atoms with Crippen LogP contribution in [-0.2, 0) is 13.0 Å². The minimum absolute atomic E-state index is 0.0744. The van der Waals surface area contributed by atoms with Gasteiger partial charge in [0.15, 0.2) is 0 Å². The van der Waals surface area contributed by atoms with E-state index >= 15 is 0 Å². The Morgan fingerprint density at radius 2 is 1.96 bits per heavy atom. The summed E-state index contributed by atoms with van der Waals surface area (Å²) in [6, 6.07) is 12.8. The van der Waals surface area contributed by atoms with Gasteiger partial charge in [-0.05, 0) is 48.9 Å². The van der Waals surface area contributed by atoms with E-state index in [-0.39, 0.29) is 12.1 Å². The highest BCUT2D eigenvalue weighted by atomic mass is 16.2. The van der Waals surface area contributed by atoms with Gasteiger partial charge in [-0.25, -0.2) is 4.79 Å². The third-order valence-corrected chi connectivity index (χ3v) is 5.82. The Morgan fingerprint density at radius 3 is 2.78 bits per heavy atom. The van der Waals surface area contributed by atoms with Crippen molar-refractivity contribution in [3.8, 4) is 0 Å². The Labute approximate surface area is 161 Å². The lowest BCUT2D eigenvalue weighted by molar-refractivity contribution is 0.132. The summed E-state index contributed by atoms with van der Waals surface area (Å²) in [6.07, 6.45) is 5.14. The van der Waals surface area contributed by atoms with Crippen LogP contribution in [0.4, 0.5) is 4.79 Å². The van der Waals surface area contributed by atoms with Crippen LogP contribution in [0.2, 0.25) is 0 Å². The van der Waals surface area contributed by atoms with Crippen molar-refractivity contribution < 1.29 is 4.79 Å². The fraction of sp³-hybridized carbons (Fsp3) is 0.455. The summed E-state index contributed by atoms with van der Waals surface area (Å²) in [7, 11) is 0. The van der Waals surface area contributed by atoms with Gasteiger partial charge in [-0.3, -0.25) is 9.88 Å². The molecule has 2 aromatic rings. The van der Waals surface area contributed by atoms with Crippen LogP contribution in [-0.4, -0.2) is 47.0 Å².